The van der Waals surface area contributed by atoms with Crippen molar-refractivity contribution >= 4 is 33.9 Å². The lowest BCUT2D eigenvalue weighted by molar-refractivity contribution is -0.150. The van der Waals surface area contributed by atoms with Gasteiger partial charge in [0.1, 0.15) is 5.76 Å². The van der Waals surface area contributed by atoms with Crippen molar-refractivity contribution in [3.8, 4) is 11.3 Å². The standard InChI is InChI=1S/C27H33N3O7S/c1-16-5-7-18(8-6-16)23-22(24(31)28-4)20-13-19(17-9-10-17)21(29-25(20)37-23)14-30(38(34)35)11-12-36-15-27(2,3)26(32)33/h5-8,13,17,38H,9-12,14-15H2,1-4H3,(H,28,31)(H,32,33). The predicted octanol–water partition coefficient (Wildman–Crippen LogP) is 3.50. The van der Waals surface area contributed by atoms with Gasteiger partial charge in [-0.25, -0.2) is 13.4 Å². The van der Waals surface area contributed by atoms with E-state index in [9.17, 15) is 23.1 Å². The lowest BCUT2D eigenvalue weighted by atomic mass is 9.95. The fourth-order valence-corrected chi connectivity index (χ4v) is 4.65. The van der Waals surface area contributed by atoms with Crippen molar-refractivity contribution in [3.05, 3.63) is 52.7 Å². The van der Waals surface area contributed by atoms with E-state index >= 15 is 0 Å². The van der Waals surface area contributed by atoms with E-state index in [2.05, 4.69) is 5.32 Å². The third kappa shape index (κ3) is 6.06. The highest BCUT2D eigenvalue weighted by atomic mass is 32.2. The molecule has 2 aromatic heterocycles. The maximum Gasteiger partial charge on any atom is 0.311 e. The normalized spacial score (nSPS) is 13.9. The van der Waals surface area contributed by atoms with Crippen molar-refractivity contribution in [2.75, 3.05) is 26.8 Å². The summed E-state index contributed by atoms with van der Waals surface area (Å²) < 4.78 is 37.0. The number of carbonyl (C=O) groups excluding carboxylic acids is 1. The Morgan fingerprint density at radius 2 is 1.92 bits per heavy atom. The van der Waals surface area contributed by atoms with Crippen molar-refractivity contribution in [2.24, 2.45) is 5.41 Å². The number of nitrogens with zero attached hydrogens (tertiary/aromatic N) is 2. The summed E-state index contributed by atoms with van der Waals surface area (Å²) >= 11 is 0. The number of nitrogens with one attached hydrogen (secondary N) is 1. The molecule has 1 aromatic carbocycles. The highest BCUT2D eigenvalue weighted by molar-refractivity contribution is 7.69. The number of thiol groups is 1. The number of aryl methyl sites for hydroxylation is 1. The van der Waals surface area contributed by atoms with Crippen LogP contribution in [-0.4, -0.2) is 61.5 Å². The summed E-state index contributed by atoms with van der Waals surface area (Å²) in [7, 11) is -1.39. The first-order valence-corrected chi connectivity index (χ1v) is 13.6. The second-order valence-corrected chi connectivity index (χ2v) is 11.3. The van der Waals surface area contributed by atoms with E-state index in [1.807, 2.05) is 37.3 Å². The number of carboxylic acid groups (broad SMARTS) is 1. The van der Waals surface area contributed by atoms with Gasteiger partial charge in [-0.15, -0.1) is 0 Å². The second-order valence-electron chi connectivity index (χ2n) is 10.3. The molecule has 0 unspecified atom stereocenters. The molecule has 0 radical (unpaired) electrons. The Morgan fingerprint density at radius 3 is 2.50 bits per heavy atom. The maximum atomic E-state index is 12.9. The van der Waals surface area contributed by atoms with Crippen molar-refractivity contribution in [1.29, 1.82) is 0 Å². The van der Waals surface area contributed by atoms with E-state index in [1.54, 1.807) is 20.9 Å². The van der Waals surface area contributed by atoms with Crippen molar-refractivity contribution in [1.82, 2.24) is 14.6 Å². The van der Waals surface area contributed by atoms with E-state index < -0.39 is 22.3 Å². The van der Waals surface area contributed by atoms with Gasteiger partial charge in [0, 0.05) is 19.2 Å². The quantitative estimate of drug-likeness (QED) is 0.233. The zero-order valence-electron chi connectivity index (χ0n) is 21.9. The summed E-state index contributed by atoms with van der Waals surface area (Å²) in [6.07, 6.45) is 1.91. The molecule has 0 bridgehead atoms. The largest absolute Gasteiger partial charge is 0.481 e. The Balaban J connectivity index is 1.66. The average Bonchev–Trinajstić information content (AvgIpc) is 3.65. The summed E-state index contributed by atoms with van der Waals surface area (Å²) in [6.45, 7) is 5.13. The third-order valence-electron chi connectivity index (χ3n) is 6.68. The van der Waals surface area contributed by atoms with E-state index in [-0.39, 0.29) is 43.8 Å². The molecule has 4 rings (SSSR count). The highest BCUT2D eigenvalue weighted by Gasteiger charge is 2.31. The molecule has 1 aliphatic rings. The Hall–Kier alpha value is -3.28. The van der Waals surface area contributed by atoms with Crippen LogP contribution in [0, 0.1) is 12.3 Å². The van der Waals surface area contributed by atoms with Crippen LogP contribution >= 0.6 is 0 Å². The number of carboxylic acids is 1. The molecule has 1 saturated carbocycles. The Morgan fingerprint density at radius 1 is 1.24 bits per heavy atom. The number of aliphatic carboxylic acids is 1. The Kier molecular flexibility index (Phi) is 8.19. The van der Waals surface area contributed by atoms with Crippen LogP contribution < -0.4 is 5.32 Å². The molecule has 2 N–H and O–H groups in total. The topological polar surface area (TPSA) is 139 Å². The number of fused-ring (bicyclic) bond motifs is 1. The predicted molar refractivity (Wildman–Crippen MR) is 143 cm³/mol. The smallest absolute Gasteiger partial charge is 0.311 e. The molecule has 1 fully saturated rings. The first-order chi connectivity index (χ1) is 18.0. The fraction of sp³-hybridized carbons (Fsp3) is 0.444. The van der Waals surface area contributed by atoms with E-state index in [4.69, 9.17) is 14.1 Å². The van der Waals surface area contributed by atoms with Crippen LogP contribution in [0.25, 0.3) is 22.4 Å². The summed E-state index contributed by atoms with van der Waals surface area (Å²) in [5.74, 6) is -0.639. The van der Waals surface area contributed by atoms with Gasteiger partial charge in [0.15, 0.2) is 0 Å². The van der Waals surface area contributed by atoms with Gasteiger partial charge in [-0.1, -0.05) is 29.8 Å². The van der Waals surface area contributed by atoms with Crippen LogP contribution in [0.4, 0.5) is 0 Å². The first-order valence-electron chi connectivity index (χ1n) is 12.5. The number of hydrogen-bond acceptors (Lipinski definition) is 7. The minimum absolute atomic E-state index is 0.0159. The maximum absolute atomic E-state index is 12.9. The molecule has 11 heteroatoms. The number of benzene rings is 1. The van der Waals surface area contributed by atoms with Crippen molar-refractivity contribution in [2.45, 2.75) is 46.1 Å². The Labute approximate surface area is 223 Å². The van der Waals surface area contributed by atoms with Gasteiger partial charge in [0.25, 0.3) is 5.91 Å². The SMILES string of the molecule is CNC(=O)c1c(-c2ccc(C)cc2)oc2nc(CN(CCOCC(C)(C)C(=O)O)[SH](=O)=O)c(C3CC3)cc12. The molecule has 0 spiro atoms. The lowest BCUT2D eigenvalue weighted by Gasteiger charge is -2.21. The molecule has 1 amide bonds. The van der Waals surface area contributed by atoms with Crippen LogP contribution in [-0.2, 0) is 27.0 Å². The van der Waals surface area contributed by atoms with Crippen molar-refractivity contribution in [3.63, 3.8) is 0 Å². The molecule has 0 atom stereocenters. The van der Waals surface area contributed by atoms with E-state index in [0.29, 0.717) is 22.4 Å². The molecule has 38 heavy (non-hydrogen) atoms. The van der Waals surface area contributed by atoms with Crippen LogP contribution in [0.1, 0.15) is 59.8 Å². The first kappa shape index (κ1) is 27.7. The number of aromatic nitrogens is 1. The molecule has 204 valence electrons. The molecule has 2 heterocycles. The van der Waals surface area contributed by atoms with Crippen LogP contribution in [0.2, 0.25) is 0 Å². The van der Waals surface area contributed by atoms with Crippen LogP contribution in [0.3, 0.4) is 0 Å². The average molecular weight is 544 g/mol. The lowest BCUT2D eigenvalue weighted by Crippen LogP contribution is -2.32. The van der Waals surface area contributed by atoms with E-state index in [1.165, 1.54) is 4.31 Å². The van der Waals surface area contributed by atoms with Gasteiger partial charge in [-0.2, -0.15) is 4.31 Å². The number of rotatable bonds is 12. The monoisotopic (exact) mass is 543 g/mol. The summed E-state index contributed by atoms with van der Waals surface area (Å²) in [5, 5.41) is 12.5. The van der Waals surface area contributed by atoms with Gasteiger partial charge in [0.2, 0.25) is 16.6 Å². The minimum atomic E-state index is -2.95. The van der Waals surface area contributed by atoms with Gasteiger partial charge in [0.05, 0.1) is 41.8 Å². The number of amides is 1. The van der Waals surface area contributed by atoms with Crippen LogP contribution in [0.15, 0.2) is 34.7 Å². The summed E-state index contributed by atoms with van der Waals surface area (Å²) in [6, 6.07) is 9.55. The molecular formula is C27H33N3O7S. The number of pyridine rings is 1. The molecule has 10 nitrogen and oxygen atoms in total. The molecule has 0 aliphatic heterocycles. The summed E-state index contributed by atoms with van der Waals surface area (Å²) in [4.78, 5) is 28.9. The third-order valence-corrected chi connectivity index (χ3v) is 7.48. The van der Waals surface area contributed by atoms with Crippen LogP contribution in [0.5, 0.6) is 0 Å². The van der Waals surface area contributed by atoms with Crippen molar-refractivity contribution < 1.29 is 32.3 Å². The second kappa shape index (κ2) is 11.2. The molecule has 1 aliphatic carbocycles. The number of hydrogen-bond donors (Lipinski definition) is 3. The number of carbonyl (C=O) groups is 2. The van der Waals surface area contributed by atoms with Gasteiger partial charge >= 0.3 is 5.97 Å². The van der Waals surface area contributed by atoms with Gasteiger partial charge in [-0.3, -0.25) is 9.59 Å². The zero-order valence-corrected chi connectivity index (χ0v) is 22.8. The van der Waals surface area contributed by atoms with Gasteiger partial charge in [-0.05, 0) is 51.2 Å². The molecule has 0 saturated heterocycles. The highest BCUT2D eigenvalue weighted by Crippen LogP contribution is 2.44. The van der Waals surface area contributed by atoms with Gasteiger partial charge < -0.3 is 19.6 Å². The fourth-order valence-electron chi connectivity index (χ4n) is 4.16. The summed E-state index contributed by atoms with van der Waals surface area (Å²) in [5.41, 5.74) is 2.87. The minimum Gasteiger partial charge on any atom is -0.481 e. The molecule has 3 aromatic rings. The zero-order chi connectivity index (χ0) is 27.6. The number of furan rings is 1. The van der Waals surface area contributed by atoms with E-state index in [0.717, 1.165) is 29.5 Å². The molecular weight excluding hydrogens is 510 g/mol. The Bertz CT molecular complexity index is 1410. The number of ether oxygens (including phenoxy) is 1.